The molecule has 1 aromatic carbocycles. The molecule has 0 atom stereocenters. The summed E-state index contributed by atoms with van der Waals surface area (Å²) in [7, 11) is 0. The fraction of sp³-hybridized carbons (Fsp3) is 0.214. The molecule has 0 aliphatic heterocycles. The number of hydrogen-bond acceptors (Lipinski definition) is 5. The standard InChI is InChI=1S/C14H14N2O4S/c1-8-5-10(13(18)19)3-4-11(8)20-6-12(17)16-14-15-9(2)7-21-14/h3-5,7H,6H2,1-2H3,(H,18,19)(H,15,16,17). The molecule has 0 radical (unpaired) electrons. The lowest BCUT2D eigenvalue weighted by molar-refractivity contribution is -0.118. The molecule has 110 valence electrons. The molecular formula is C14H14N2O4S. The van der Waals surface area contributed by atoms with Crippen molar-refractivity contribution in [3.05, 3.63) is 40.4 Å². The average Bonchev–Trinajstić information content (AvgIpc) is 2.82. The first kappa shape index (κ1) is 15.0. The largest absolute Gasteiger partial charge is 0.483 e. The lowest BCUT2D eigenvalue weighted by Crippen LogP contribution is -2.20. The van der Waals surface area contributed by atoms with E-state index in [-0.39, 0.29) is 18.1 Å². The zero-order valence-corrected chi connectivity index (χ0v) is 12.4. The number of nitrogens with zero attached hydrogens (tertiary/aromatic N) is 1. The van der Waals surface area contributed by atoms with Crippen molar-refractivity contribution in [2.24, 2.45) is 0 Å². The van der Waals surface area contributed by atoms with Crippen molar-refractivity contribution < 1.29 is 19.4 Å². The number of carboxylic acids is 1. The number of hydrogen-bond donors (Lipinski definition) is 2. The molecule has 1 heterocycles. The number of carboxylic acid groups (broad SMARTS) is 1. The second kappa shape index (κ2) is 6.36. The van der Waals surface area contributed by atoms with Crippen LogP contribution < -0.4 is 10.1 Å². The van der Waals surface area contributed by atoms with Crippen LogP contribution in [0, 0.1) is 13.8 Å². The van der Waals surface area contributed by atoms with E-state index in [0.717, 1.165) is 5.69 Å². The Labute approximate surface area is 125 Å². The first-order valence-corrected chi connectivity index (χ1v) is 7.02. The van der Waals surface area contributed by atoms with Crippen molar-refractivity contribution in [2.75, 3.05) is 11.9 Å². The van der Waals surface area contributed by atoms with Crippen molar-refractivity contribution in [1.82, 2.24) is 4.98 Å². The number of nitrogens with one attached hydrogen (secondary N) is 1. The molecule has 2 N–H and O–H groups in total. The minimum Gasteiger partial charge on any atom is -0.483 e. The Morgan fingerprint density at radius 2 is 2.14 bits per heavy atom. The van der Waals surface area contributed by atoms with Crippen LogP contribution in [0.2, 0.25) is 0 Å². The van der Waals surface area contributed by atoms with Crippen LogP contribution in [0.25, 0.3) is 0 Å². The molecule has 1 aromatic heterocycles. The highest BCUT2D eigenvalue weighted by atomic mass is 32.1. The predicted octanol–water partition coefficient (Wildman–Crippen LogP) is 2.48. The van der Waals surface area contributed by atoms with Gasteiger partial charge in [0, 0.05) is 5.38 Å². The highest BCUT2D eigenvalue weighted by Crippen LogP contribution is 2.19. The van der Waals surface area contributed by atoms with Crippen LogP contribution in [0.1, 0.15) is 21.6 Å². The molecule has 21 heavy (non-hydrogen) atoms. The van der Waals surface area contributed by atoms with Crippen LogP contribution in [0.15, 0.2) is 23.6 Å². The van der Waals surface area contributed by atoms with Gasteiger partial charge in [0.2, 0.25) is 0 Å². The van der Waals surface area contributed by atoms with Gasteiger partial charge in [-0.05, 0) is 37.6 Å². The minimum atomic E-state index is -0.999. The number of carbonyl (C=O) groups is 2. The van der Waals surface area contributed by atoms with E-state index in [9.17, 15) is 9.59 Å². The first-order chi connectivity index (χ1) is 9.95. The van der Waals surface area contributed by atoms with Gasteiger partial charge in [0.05, 0.1) is 11.3 Å². The first-order valence-electron chi connectivity index (χ1n) is 6.14. The van der Waals surface area contributed by atoms with Crippen molar-refractivity contribution in [1.29, 1.82) is 0 Å². The smallest absolute Gasteiger partial charge is 0.335 e. The van der Waals surface area contributed by atoms with Crippen LogP contribution in [0.3, 0.4) is 0 Å². The fourth-order valence-electron chi connectivity index (χ4n) is 1.65. The van der Waals surface area contributed by atoms with Gasteiger partial charge in [-0.1, -0.05) is 0 Å². The normalized spacial score (nSPS) is 10.2. The zero-order valence-electron chi connectivity index (χ0n) is 11.5. The van der Waals surface area contributed by atoms with E-state index in [1.54, 1.807) is 13.0 Å². The van der Waals surface area contributed by atoms with Gasteiger partial charge < -0.3 is 9.84 Å². The van der Waals surface area contributed by atoms with E-state index in [0.29, 0.717) is 16.4 Å². The predicted molar refractivity (Wildman–Crippen MR) is 79.1 cm³/mol. The number of ether oxygens (including phenoxy) is 1. The van der Waals surface area contributed by atoms with Crippen LogP contribution in [-0.4, -0.2) is 28.6 Å². The summed E-state index contributed by atoms with van der Waals surface area (Å²) < 4.78 is 5.38. The second-order valence-corrected chi connectivity index (χ2v) is 5.27. The van der Waals surface area contributed by atoms with Gasteiger partial charge in [-0.25, -0.2) is 9.78 Å². The Hall–Kier alpha value is -2.41. The Kier molecular flexibility index (Phi) is 4.54. The van der Waals surface area contributed by atoms with E-state index >= 15 is 0 Å². The average molecular weight is 306 g/mol. The number of aryl methyl sites for hydroxylation is 2. The molecule has 6 nitrogen and oxygen atoms in total. The summed E-state index contributed by atoms with van der Waals surface area (Å²) in [5.74, 6) is -0.835. The molecular weight excluding hydrogens is 292 g/mol. The van der Waals surface area contributed by atoms with Crippen molar-refractivity contribution in [2.45, 2.75) is 13.8 Å². The maximum absolute atomic E-state index is 11.7. The molecule has 0 bridgehead atoms. The molecule has 0 fully saturated rings. The number of rotatable bonds is 5. The lowest BCUT2D eigenvalue weighted by atomic mass is 10.1. The molecule has 1 amide bonds. The molecule has 0 aliphatic rings. The number of amides is 1. The summed E-state index contributed by atoms with van der Waals surface area (Å²) in [6, 6.07) is 4.48. The van der Waals surface area contributed by atoms with E-state index in [4.69, 9.17) is 9.84 Å². The maximum atomic E-state index is 11.7. The fourth-order valence-corrected chi connectivity index (χ4v) is 2.36. The molecule has 7 heteroatoms. The summed E-state index contributed by atoms with van der Waals surface area (Å²) in [5, 5.41) is 13.9. The van der Waals surface area contributed by atoms with Crippen LogP contribution in [0.4, 0.5) is 5.13 Å². The zero-order chi connectivity index (χ0) is 15.4. The molecule has 0 spiro atoms. The number of benzene rings is 1. The van der Waals surface area contributed by atoms with Gasteiger partial charge in [-0.3, -0.25) is 10.1 Å². The highest BCUT2D eigenvalue weighted by molar-refractivity contribution is 7.13. The van der Waals surface area contributed by atoms with Gasteiger partial charge in [-0.15, -0.1) is 11.3 Å². The van der Waals surface area contributed by atoms with E-state index < -0.39 is 5.97 Å². The minimum absolute atomic E-state index is 0.161. The Morgan fingerprint density at radius 3 is 2.71 bits per heavy atom. The Balaban J connectivity index is 1.93. The van der Waals surface area contributed by atoms with Crippen molar-refractivity contribution in [3.63, 3.8) is 0 Å². The number of aromatic carboxylic acids is 1. The maximum Gasteiger partial charge on any atom is 0.335 e. The van der Waals surface area contributed by atoms with Crippen LogP contribution in [-0.2, 0) is 4.79 Å². The van der Waals surface area contributed by atoms with Crippen molar-refractivity contribution in [3.8, 4) is 5.75 Å². The molecule has 0 saturated heterocycles. The van der Waals surface area contributed by atoms with Gasteiger partial charge in [0.15, 0.2) is 11.7 Å². The van der Waals surface area contributed by atoms with Crippen LogP contribution in [0.5, 0.6) is 5.75 Å². The summed E-state index contributed by atoms with van der Waals surface area (Å²) in [4.78, 5) is 26.7. The van der Waals surface area contributed by atoms with Crippen LogP contribution >= 0.6 is 11.3 Å². The summed E-state index contributed by atoms with van der Waals surface area (Å²) in [5.41, 5.74) is 1.69. The Morgan fingerprint density at radius 1 is 1.38 bits per heavy atom. The van der Waals surface area contributed by atoms with E-state index in [1.807, 2.05) is 12.3 Å². The highest BCUT2D eigenvalue weighted by Gasteiger charge is 2.09. The third-order valence-electron chi connectivity index (χ3n) is 2.65. The monoisotopic (exact) mass is 306 g/mol. The quantitative estimate of drug-likeness (QED) is 0.886. The third kappa shape index (κ3) is 4.03. The summed E-state index contributed by atoms with van der Waals surface area (Å²) >= 11 is 1.34. The molecule has 0 unspecified atom stereocenters. The van der Waals surface area contributed by atoms with Gasteiger partial charge in [-0.2, -0.15) is 0 Å². The number of aromatic nitrogens is 1. The van der Waals surface area contributed by atoms with E-state index in [2.05, 4.69) is 10.3 Å². The molecule has 2 rings (SSSR count). The van der Waals surface area contributed by atoms with Gasteiger partial charge in [0.1, 0.15) is 5.75 Å². The van der Waals surface area contributed by atoms with Gasteiger partial charge >= 0.3 is 5.97 Å². The third-order valence-corrected chi connectivity index (χ3v) is 3.52. The summed E-state index contributed by atoms with van der Waals surface area (Å²) in [6.45, 7) is 3.41. The number of anilines is 1. The lowest BCUT2D eigenvalue weighted by Gasteiger charge is -2.09. The number of carbonyl (C=O) groups excluding carboxylic acids is 1. The van der Waals surface area contributed by atoms with Gasteiger partial charge in [0.25, 0.3) is 5.91 Å². The topological polar surface area (TPSA) is 88.5 Å². The summed E-state index contributed by atoms with van der Waals surface area (Å²) in [6.07, 6.45) is 0. The molecule has 0 saturated carbocycles. The molecule has 0 aliphatic carbocycles. The SMILES string of the molecule is Cc1csc(NC(=O)COc2ccc(C(=O)O)cc2C)n1. The second-order valence-electron chi connectivity index (χ2n) is 4.42. The van der Waals surface area contributed by atoms with Crippen molar-refractivity contribution >= 4 is 28.3 Å². The number of thiazole rings is 1. The van der Waals surface area contributed by atoms with E-state index in [1.165, 1.54) is 23.5 Å². The molecule has 2 aromatic rings. The Bertz CT molecular complexity index is 681.